The number of rotatable bonds is 2. The highest BCUT2D eigenvalue weighted by atomic mass is 16.5. The second-order valence-corrected chi connectivity index (χ2v) is 3.90. The van der Waals surface area contributed by atoms with Crippen molar-refractivity contribution in [3.63, 3.8) is 0 Å². The lowest BCUT2D eigenvalue weighted by Crippen LogP contribution is -1.92. The predicted molar refractivity (Wildman–Crippen MR) is 67.3 cm³/mol. The third-order valence-corrected chi connectivity index (χ3v) is 2.63. The van der Waals surface area contributed by atoms with Crippen molar-refractivity contribution in [1.29, 1.82) is 5.26 Å². The summed E-state index contributed by atoms with van der Waals surface area (Å²) in [5, 5.41) is 18.3. The van der Waals surface area contributed by atoms with Crippen LogP contribution in [0.15, 0.2) is 30.5 Å². The normalized spacial score (nSPS) is 9.83. The molecule has 90 valence electrons. The van der Waals surface area contributed by atoms with Gasteiger partial charge in [0.1, 0.15) is 11.8 Å². The fourth-order valence-electron chi connectivity index (χ4n) is 1.71. The van der Waals surface area contributed by atoms with Crippen LogP contribution in [0.25, 0.3) is 11.3 Å². The third kappa shape index (κ3) is 2.11. The van der Waals surface area contributed by atoms with Gasteiger partial charge in [-0.15, -0.1) is 0 Å². The summed E-state index contributed by atoms with van der Waals surface area (Å²) in [5.74, 6) is 0.565. The average molecular weight is 240 g/mol. The lowest BCUT2D eigenvalue weighted by Gasteiger charge is -2.09. The first-order valence-corrected chi connectivity index (χ1v) is 5.40. The first kappa shape index (κ1) is 11.9. The van der Waals surface area contributed by atoms with E-state index in [1.807, 2.05) is 31.2 Å². The second-order valence-electron chi connectivity index (χ2n) is 3.90. The van der Waals surface area contributed by atoms with Gasteiger partial charge in [-0.2, -0.15) is 5.26 Å². The van der Waals surface area contributed by atoms with Gasteiger partial charge in [0, 0.05) is 5.56 Å². The van der Waals surface area contributed by atoms with Crippen LogP contribution < -0.4 is 4.74 Å². The zero-order valence-electron chi connectivity index (χ0n) is 10.1. The van der Waals surface area contributed by atoms with Gasteiger partial charge in [-0.25, -0.2) is 0 Å². The highest BCUT2D eigenvalue weighted by Crippen LogP contribution is 2.31. The molecule has 1 N–H and O–H groups in total. The van der Waals surface area contributed by atoms with Gasteiger partial charge in [0.05, 0.1) is 24.6 Å². The summed E-state index contributed by atoms with van der Waals surface area (Å²) < 4.78 is 5.27. The summed E-state index contributed by atoms with van der Waals surface area (Å²) in [6.45, 7) is 1.97. The van der Waals surface area contributed by atoms with Crippen LogP contribution in [-0.4, -0.2) is 17.2 Å². The largest absolute Gasteiger partial charge is 0.505 e. The van der Waals surface area contributed by atoms with Crippen LogP contribution in [0.4, 0.5) is 0 Å². The van der Waals surface area contributed by atoms with Gasteiger partial charge in [0.2, 0.25) is 0 Å². The van der Waals surface area contributed by atoms with E-state index in [1.165, 1.54) is 6.20 Å². The number of aryl methyl sites for hydroxylation is 1. The van der Waals surface area contributed by atoms with Crippen molar-refractivity contribution in [3.8, 4) is 28.8 Å². The minimum absolute atomic E-state index is 0.118. The Morgan fingerprint density at radius 2 is 2.11 bits per heavy atom. The van der Waals surface area contributed by atoms with Crippen molar-refractivity contribution < 1.29 is 9.84 Å². The lowest BCUT2D eigenvalue weighted by atomic mass is 10.1. The smallest absolute Gasteiger partial charge is 0.151 e. The van der Waals surface area contributed by atoms with Crippen LogP contribution in [0, 0.1) is 18.3 Å². The third-order valence-electron chi connectivity index (χ3n) is 2.63. The fraction of sp³-hybridized carbons (Fsp3) is 0.143. The lowest BCUT2D eigenvalue weighted by molar-refractivity contribution is 0.416. The van der Waals surface area contributed by atoms with Gasteiger partial charge in [-0.1, -0.05) is 11.6 Å². The molecule has 18 heavy (non-hydrogen) atoms. The number of benzene rings is 1. The molecule has 0 atom stereocenters. The maximum atomic E-state index is 9.45. The number of pyridine rings is 1. The molecule has 0 spiro atoms. The van der Waals surface area contributed by atoms with Gasteiger partial charge in [-0.3, -0.25) is 4.98 Å². The first-order valence-electron chi connectivity index (χ1n) is 5.40. The Kier molecular flexibility index (Phi) is 3.16. The Morgan fingerprint density at radius 3 is 2.78 bits per heavy atom. The Labute approximate surface area is 105 Å². The zero-order chi connectivity index (χ0) is 13.1. The molecule has 4 nitrogen and oxygen atoms in total. The number of aromatic hydroxyl groups is 1. The number of methoxy groups -OCH3 is 1. The quantitative estimate of drug-likeness (QED) is 0.876. The molecule has 0 aliphatic carbocycles. The number of hydrogen-bond donors (Lipinski definition) is 1. The Balaban J connectivity index is 2.62. The second kappa shape index (κ2) is 4.76. The van der Waals surface area contributed by atoms with E-state index in [0.29, 0.717) is 11.4 Å². The molecule has 0 saturated heterocycles. The summed E-state index contributed by atoms with van der Waals surface area (Å²) in [6, 6.07) is 9.20. The topological polar surface area (TPSA) is 66.1 Å². The summed E-state index contributed by atoms with van der Waals surface area (Å²) in [5.41, 5.74) is 2.67. The van der Waals surface area contributed by atoms with Gasteiger partial charge in [0.25, 0.3) is 0 Å². The molecular formula is C14H12N2O2. The summed E-state index contributed by atoms with van der Waals surface area (Å²) in [7, 11) is 1.58. The van der Waals surface area contributed by atoms with Crippen molar-refractivity contribution in [2.45, 2.75) is 6.92 Å². The van der Waals surface area contributed by atoms with Crippen molar-refractivity contribution in [1.82, 2.24) is 4.98 Å². The van der Waals surface area contributed by atoms with Crippen molar-refractivity contribution in [2.24, 2.45) is 0 Å². The SMILES string of the molecule is COc1ccc(C)cc1-c1cc(C#N)c(O)cn1. The summed E-state index contributed by atoms with van der Waals surface area (Å²) >= 11 is 0. The number of aromatic nitrogens is 1. The molecule has 0 aliphatic rings. The monoisotopic (exact) mass is 240 g/mol. The van der Waals surface area contributed by atoms with E-state index in [1.54, 1.807) is 13.2 Å². The average Bonchev–Trinajstić information content (AvgIpc) is 2.39. The predicted octanol–water partition coefficient (Wildman–Crippen LogP) is 2.64. The summed E-state index contributed by atoms with van der Waals surface area (Å²) in [6.07, 6.45) is 1.27. The van der Waals surface area contributed by atoms with E-state index in [4.69, 9.17) is 10.00 Å². The van der Waals surface area contributed by atoms with Crippen LogP contribution in [0.5, 0.6) is 11.5 Å². The Bertz CT molecular complexity index is 630. The van der Waals surface area contributed by atoms with Crippen LogP contribution in [-0.2, 0) is 0 Å². The molecule has 1 aromatic carbocycles. The molecule has 0 aliphatic heterocycles. The van der Waals surface area contributed by atoms with E-state index >= 15 is 0 Å². The van der Waals surface area contributed by atoms with Crippen molar-refractivity contribution in [2.75, 3.05) is 7.11 Å². The number of nitrogens with zero attached hydrogens (tertiary/aromatic N) is 2. The first-order chi connectivity index (χ1) is 8.65. The number of hydrogen-bond acceptors (Lipinski definition) is 4. The van der Waals surface area contributed by atoms with E-state index in [0.717, 1.165) is 11.1 Å². The highest BCUT2D eigenvalue weighted by Gasteiger charge is 2.10. The molecule has 1 aromatic heterocycles. The molecule has 0 saturated carbocycles. The Hall–Kier alpha value is -2.54. The zero-order valence-corrected chi connectivity index (χ0v) is 10.1. The molecule has 0 unspecified atom stereocenters. The molecule has 0 amide bonds. The summed E-state index contributed by atoms with van der Waals surface area (Å²) in [4.78, 5) is 4.13. The molecular weight excluding hydrogens is 228 g/mol. The van der Waals surface area contributed by atoms with E-state index < -0.39 is 0 Å². The number of nitriles is 1. The van der Waals surface area contributed by atoms with Gasteiger partial charge in [-0.05, 0) is 25.1 Å². The molecule has 1 heterocycles. The van der Waals surface area contributed by atoms with Crippen LogP contribution >= 0.6 is 0 Å². The molecule has 0 radical (unpaired) electrons. The molecule has 2 rings (SSSR count). The molecule has 2 aromatic rings. The van der Waals surface area contributed by atoms with Crippen molar-refractivity contribution in [3.05, 3.63) is 41.6 Å². The maximum Gasteiger partial charge on any atom is 0.151 e. The molecule has 0 bridgehead atoms. The number of ether oxygens (including phenoxy) is 1. The fourth-order valence-corrected chi connectivity index (χ4v) is 1.71. The Morgan fingerprint density at radius 1 is 1.33 bits per heavy atom. The van der Waals surface area contributed by atoms with Crippen LogP contribution in [0.1, 0.15) is 11.1 Å². The maximum absolute atomic E-state index is 9.45. The van der Waals surface area contributed by atoms with Crippen molar-refractivity contribution >= 4 is 0 Å². The minimum atomic E-state index is -0.118. The van der Waals surface area contributed by atoms with Crippen LogP contribution in [0.3, 0.4) is 0 Å². The van der Waals surface area contributed by atoms with Gasteiger partial charge >= 0.3 is 0 Å². The standard InChI is InChI=1S/C14H12N2O2/c1-9-3-4-14(18-2)11(5-9)12-6-10(7-15)13(17)8-16-12/h3-6,8,17H,1-2H3. The molecule has 4 heteroatoms. The van der Waals surface area contributed by atoms with E-state index in [9.17, 15) is 5.11 Å². The van der Waals surface area contributed by atoms with Crippen LogP contribution in [0.2, 0.25) is 0 Å². The highest BCUT2D eigenvalue weighted by molar-refractivity contribution is 5.69. The van der Waals surface area contributed by atoms with E-state index in [-0.39, 0.29) is 11.3 Å². The minimum Gasteiger partial charge on any atom is -0.505 e. The van der Waals surface area contributed by atoms with Gasteiger partial charge < -0.3 is 9.84 Å². The van der Waals surface area contributed by atoms with Gasteiger partial charge in [0.15, 0.2) is 5.75 Å². The van der Waals surface area contributed by atoms with E-state index in [2.05, 4.69) is 4.98 Å². The molecule has 0 fully saturated rings.